The molecule has 1 aliphatic carbocycles. The lowest BCUT2D eigenvalue weighted by atomic mass is 9.82. The minimum atomic E-state index is -3.38. The SMILES string of the molecule is CC.CC(=O)[C@H](NC(=O)c1cccc(C2CCCN(C(=O)C(C)(F)F)C2)c1)C1CCCCC1.[HH]. The second-order valence-corrected chi connectivity index (χ2v) is 9.06. The molecule has 0 bridgehead atoms. The molecule has 3 rings (SSSR count). The van der Waals surface area contributed by atoms with Crippen LogP contribution in [0.4, 0.5) is 8.78 Å². The number of hydrogen-bond acceptors (Lipinski definition) is 3. The summed E-state index contributed by atoms with van der Waals surface area (Å²) in [5.74, 6) is -4.79. The third-order valence-electron chi connectivity index (χ3n) is 6.55. The molecule has 0 radical (unpaired) electrons. The van der Waals surface area contributed by atoms with Gasteiger partial charge < -0.3 is 10.2 Å². The number of nitrogens with zero attached hydrogens (tertiary/aromatic N) is 1. The van der Waals surface area contributed by atoms with E-state index in [4.69, 9.17) is 0 Å². The maximum atomic E-state index is 13.5. The highest BCUT2D eigenvalue weighted by Crippen LogP contribution is 2.30. The lowest BCUT2D eigenvalue weighted by molar-refractivity contribution is -0.156. The number of hydrogen-bond donors (Lipinski definition) is 1. The van der Waals surface area contributed by atoms with Crippen molar-refractivity contribution in [3.8, 4) is 0 Å². The Balaban J connectivity index is 0.00000188. The molecule has 186 valence electrons. The topological polar surface area (TPSA) is 66.5 Å². The Kier molecular flexibility index (Phi) is 9.99. The van der Waals surface area contributed by atoms with E-state index in [-0.39, 0.29) is 31.5 Å². The first-order valence-corrected chi connectivity index (χ1v) is 12.3. The monoisotopic (exact) mass is 466 g/mol. The fourth-order valence-electron chi connectivity index (χ4n) is 4.89. The maximum Gasteiger partial charge on any atom is 0.322 e. The van der Waals surface area contributed by atoms with Crippen LogP contribution in [0, 0.1) is 5.92 Å². The van der Waals surface area contributed by atoms with Crippen LogP contribution in [0.15, 0.2) is 24.3 Å². The van der Waals surface area contributed by atoms with Gasteiger partial charge in [-0.1, -0.05) is 45.2 Å². The quantitative estimate of drug-likeness (QED) is 0.594. The molecule has 2 aliphatic rings. The van der Waals surface area contributed by atoms with Crippen LogP contribution in [0.2, 0.25) is 0 Å². The molecular weight excluding hydrogens is 426 g/mol. The summed E-state index contributed by atoms with van der Waals surface area (Å²) < 4.78 is 26.9. The number of piperidine rings is 1. The van der Waals surface area contributed by atoms with Crippen LogP contribution in [0.5, 0.6) is 0 Å². The van der Waals surface area contributed by atoms with E-state index in [9.17, 15) is 23.2 Å². The van der Waals surface area contributed by atoms with Crippen LogP contribution in [0.1, 0.15) is 95.9 Å². The minimum absolute atomic E-state index is 0. The van der Waals surface area contributed by atoms with Crippen molar-refractivity contribution in [1.82, 2.24) is 10.2 Å². The molecule has 2 atom stereocenters. The van der Waals surface area contributed by atoms with Crippen molar-refractivity contribution in [3.05, 3.63) is 35.4 Å². The van der Waals surface area contributed by atoms with E-state index in [1.807, 2.05) is 19.9 Å². The third-order valence-corrected chi connectivity index (χ3v) is 6.55. The molecule has 1 aromatic rings. The van der Waals surface area contributed by atoms with Crippen molar-refractivity contribution in [2.24, 2.45) is 5.92 Å². The summed E-state index contributed by atoms with van der Waals surface area (Å²) in [5.41, 5.74) is 1.30. The molecule has 1 aliphatic heterocycles. The molecular formula is C26H40F2N2O3. The zero-order valence-corrected chi connectivity index (χ0v) is 20.3. The molecule has 1 unspecified atom stereocenters. The molecule has 2 fully saturated rings. The number of amides is 2. The number of benzene rings is 1. The van der Waals surface area contributed by atoms with Crippen LogP contribution < -0.4 is 5.32 Å². The van der Waals surface area contributed by atoms with E-state index in [1.165, 1.54) is 18.2 Å². The van der Waals surface area contributed by atoms with Gasteiger partial charge in [-0.05, 0) is 56.2 Å². The Bertz CT molecular complexity index is 823. The van der Waals surface area contributed by atoms with Gasteiger partial charge >= 0.3 is 5.92 Å². The second kappa shape index (κ2) is 12.2. The number of nitrogens with one attached hydrogen (secondary N) is 1. The average molecular weight is 467 g/mol. The molecule has 7 heteroatoms. The van der Waals surface area contributed by atoms with Crippen LogP contribution in [0.3, 0.4) is 0 Å². The number of ketones is 1. The smallest absolute Gasteiger partial charge is 0.322 e. The van der Waals surface area contributed by atoms with E-state index in [0.29, 0.717) is 25.5 Å². The maximum absolute atomic E-state index is 13.5. The third kappa shape index (κ3) is 7.34. The first-order valence-electron chi connectivity index (χ1n) is 12.3. The van der Waals surface area contributed by atoms with Gasteiger partial charge in [-0.25, -0.2) is 0 Å². The molecule has 0 aromatic heterocycles. The summed E-state index contributed by atoms with van der Waals surface area (Å²) in [6.45, 7) is 6.68. The lowest BCUT2D eigenvalue weighted by Crippen LogP contribution is -2.46. The molecule has 1 N–H and O–H groups in total. The summed E-state index contributed by atoms with van der Waals surface area (Å²) >= 11 is 0. The molecule has 1 aromatic carbocycles. The van der Waals surface area contributed by atoms with Crippen LogP contribution in [-0.2, 0) is 9.59 Å². The number of likely N-dealkylation sites (tertiary alicyclic amines) is 1. The standard InChI is InChI=1S/C24H32F2N2O3.C2H6.H2/c1-16(29)21(17-8-4-3-5-9-17)27-22(30)19-11-6-10-18(14-19)20-12-7-13-28(15-20)23(31)24(2,25)26;1-2;/h6,10-11,14,17,20-21H,3-5,7-9,12-13,15H2,1-2H3,(H,27,30);1-2H3;1H/t20?,21-;;/m0../s1. The fourth-order valence-corrected chi connectivity index (χ4v) is 4.89. The van der Waals surface area contributed by atoms with Crippen molar-refractivity contribution in [2.75, 3.05) is 13.1 Å². The number of carbonyl (C=O) groups excluding carboxylic acids is 3. The Morgan fingerprint density at radius 1 is 1.09 bits per heavy atom. The van der Waals surface area contributed by atoms with Gasteiger partial charge in [-0.3, -0.25) is 14.4 Å². The van der Waals surface area contributed by atoms with Gasteiger partial charge in [0.25, 0.3) is 11.8 Å². The molecule has 1 heterocycles. The van der Waals surface area contributed by atoms with Crippen molar-refractivity contribution < 1.29 is 24.6 Å². The van der Waals surface area contributed by atoms with Gasteiger partial charge in [0, 0.05) is 32.9 Å². The Hall–Kier alpha value is -2.31. The van der Waals surface area contributed by atoms with Crippen molar-refractivity contribution >= 4 is 17.6 Å². The predicted molar refractivity (Wildman–Crippen MR) is 128 cm³/mol. The highest BCUT2D eigenvalue weighted by Gasteiger charge is 2.38. The first kappa shape index (κ1) is 26.9. The Morgan fingerprint density at radius 3 is 2.36 bits per heavy atom. The first-order chi connectivity index (χ1) is 15.7. The fraction of sp³-hybridized carbons (Fsp3) is 0.654. The Labute approximate surface area is 197 Å². The van der Waals surface area contributed by atoms with E-state index < -0.39 is 17.9 Å². The zero-order valence-electron chi connectivity index (χ0n) is 20.3. The summed E-state index contributed by atoms with van der Waals surface area (Å²) in [7, 11) is 0. The predicted octanol–water partition coefficient (Wildman–Crippen LogP) is 5.59. The van der Waals surface area contributed by atoms with E-state index in [0.717, 1.165) is 37.7 Å². The van der Waals surface area contributed by atoms with Crippen molar-refractivity contribution in [1.29, 1.82) is 0 Å². The van der Waals surface area contributed by atoms with Crippen LogP contribution >= 0.6 is 0 Å². The number of rotatable bonds is 6. The number of halogens is 2. The Morgan fingerprint density at radius 2 is 1.76 bits per heavy atom. The van der Waals surface area contributed by atoms with Gasteiger partial charge in [0.1, 0.15) is 0 Å². The molecule has 33 heavy (non-hydrogen) atoms. The number of carbonyl (C=O) groups is 3. The van der Waals surface area contributed by atoms with E-state index in [2.05, 4.69) is 5.32 Å². The zero-order chi connectivity index (χ0) is 24.6. The molecule has 1 saturated heterocycles. The summed E-state index contributed by atoms with van der Waals surface area (Å²) in [5, 5.41) is 2.93. The summed E-state index contributed by atoms with van der Waals surface area (Å²) in [6, 6.07) is 6.61. The van der Waals surface area contributed by atoms with Crippen LogP contribution in [-0.4, -0.2) is 47.6 Å². The van der Waals surface area contributed by atoms with Gasteiger partial charge in [0.15, 0.2) is 5.78 Å². The van der Waals surface area contributed by atoms with Gasteiger partial charge in [0.2, 0.25) is 0 Å². The highest BCUT2D eigenvalue weighted by molar-refractivity contribution is 5.97. The summed E-state index contributed by atoms with van der Waals surface area (Å²) in [4.78, 5) is 38.3. The van der Waals surface area contributed by atoms with E-state index >= 15 is 0 Å². The normalized spacial score (nSPS) is 20.3. The average Bonchev–Trinajstić information content (AvgIpc) is 2.83. The molecule has 1 saturated carbocycles. The number of alkyl halides is 2. The number of Topliss-reactive ketones (excluding diaryl/α,β-unsaturated/α-hetero) is 1. The van der Waals surface area contributed by atoms with Gasteiger partial charge in [0.05, 0.1) is 6.04 Å². The van der Waals surface area contributed by atoms with Gasteiger partial charge in [-0.15, -0.1) is 0 Å². The summed E-state index contributed by atoms with van der Waals surface area (Å²) in [6.07, 6.45) is 6.61. The van der Waals surface area contributed by atoms with Crippen molar-refractivity contribution in [3.63, 3.8) is 0 Å². The van der Waals surface area contributed by atoms with E-state index in [1.54, 1.807) is 18.2 Å². The molecule has 5 nitrogen and oxygen atoms in total. The lowest BCUT2D eigenvalue weighted by Gasteiger charge is -2.34. The molecule has 0 spiro atoms. The minimum Gasteiger partial charge on any atom is -0.342 e. The van der Waals surface area contributed by atoms with Crippen molar-refractivity contribution in [2.45, 2.75) is 90.5 Å². The highest BCUT2D eigenvalue weighted by atomic mass is 19.3. The second-order valence-electron chi connectivity index (χ2n) is 9.06. The van der Waals surface area contributed by atoms with Gasteiger partial charge in [-0.2, -0.15) is 8.78 Å². The largest absolute Gasteiger partial charge is 0.342 e. The van der Waals surface area contributed by atoms with Crippen LogP contribution in [0.25, 0.3) is 0 Å². The molecule has 2 amide bonds.